The molecule has 3 atom stereocenters. The van der Waals surface area contributed by atoms with E-state index in [0.717, 1.165) is 36.5 Å². The molecule has 0 unspecified atom stereocenters. The molecule has 2 aromatic heterocycles. The summed E-state index contributed by atoms with van der Waals surface area (Å²) in [6, 6.07) is 0. The van der Waals surface area contributed by atoms with E-state index < -0.39 is 16.6 Å². The molecular formula is C26H47N5O4Si2. The second-order valence-electron chi connectivity index (χ2n) is 13.5. The summed E-state index contributed by atoms with van der Waals surface area (Å²) >= 11 is 0. The fourth-order valence-corrected chi connectivity index (χ4v) is 6.64. The van der Waals surface area contributed by atoms with Crippen LogP contribution in [0.5, 0.6) is 0 Å². The van der Waals surface area contributed by atoms with E-state index in [1.807, 2.05) is 6.33 Å². The van der Waals surface area contributed by atoms with Gasteiger partial charge in [-0.3, -0.25) is 4.57 Å². The summed E-state index contributed by atoms with van der Waals surface area (Å²) in [5.41, 5.74) is 1.59. The maximum atomic E-state index is 6.95. The third-order valence-corrected chi connectivity index (χ3v) is 17.8. The van der Waals surface area contributed by atoms with E-state index in [2.05, 4.69) is 87.2 Å². The lowest BCUT2D eigenvalue weighted by Gasteiger charge is -2.40. The monoisotopic (exact) mass is 549 g/mol. The molecule has 9 nitrogen and oxygen atoms in total. The zero-order valence-corrected chi connectivity index (χ0v) is 26.5. The van der Waals surface area contributed by atoms with Gasteiger partial charge in [0.1, 0.15) is 18.7 Å². The first-order chi connectivity index (χ1) is 17.1. The standard InChI is InChI=1S/C26H47N5O4Si2/c1-25(2,3)36(7,8)33-16-20-19(35-37(9,10)26(4,5)6)15-21(34-20)31-18-29-22-23(27-17-28-24(22)31)30-11-13-32-14-12-30/h17-21H,11-16H2,1-10H3/t19-,20-,21-/m1/s1. The number of ether oxygens (including phenoxy) is 2. The largest absolute Gasteiger partial charge is 0.414 e. The molecule has 11 heteroatoms. The highest BCUT2D eigenvalue weighted by molar-refractivity contribution is 6.74. The lowest BCUT2D eigenvalue weighted by molar-refractivity contribution is -0.0383. The molecule has 4 heterocycles. The predicted octanol–water partition coefficient (Wildman–Crippen LogP) is 5.36. The molecular weight excluding hydrogens is 502 g/mol. The summed E-state index contributed by atoms with van der Waals surface area (Å²) in [6.07, 6.45) is 3.79. The smallest absolute Gasteiger partial charge is 0.192 e. The first kappa shape index (κ1) is 28.6. The fraction of sp³-hybridized carbons (Fsp3) is 0.808. The van der Waals surface area contributed by atoms with Crippen molar-refractivity contribution in [1.82, 2.24) is 19.5 Å². The minimum absolute atomic E-state index is 0.0475. The van der Waals surface area contributed by atoms with Crippen LogP contribution < -0.4 is 4.90 Å². The Kier molecular flexibility index (Phi) is 7.98. The van der Waals surface area contributed by atoms with Crippen molar-refractivity contribution in [3.05, 3.63) is 12.7 Å². The number of hydrogen-bond acceptors (Lipinski definition) is 8. The van der Waals surface area contributed by atoms with Gasteiger partial charge in [0.2, 0.25) is 0 Å². The third kappa shape index (κ3) is 5.96. The topological polar surface area (TPSA) is 83.8 Å². The number of nitrogens with zero attached hydrogens (tertiary/aromatic N) is 5. The summed E-state index contributed by atoms with van der Waals surface area (Å²) < 4.78 is 27.9. The molecule has 2 saturated heterocycles. The van der Waals surface area contributed by atoms with E-state index in [4.69, 9.17) is 23.3 Å². The van der Waals surface area contributed by atoms with E-state index in [1.165, 1.54) is 0 Å². The average Bonchev–Trinajstić information content (AvgIpc) is 3.40. The lowest BCUT2D eigenvalue weighted by Crippen LogP contribution is -2.48. The van der Waals surface area contributed by atoms with E-state index in [1.54, 1.807) is 6.33 Å². The van der Waals surface area contributed by atoms with Crippen LogP contribution in [-0.4, -0.2) is 81.3 Å². The molecule has 2 fully saturated rings. The fourth-order valence-electron chi connectivity index (χ4n) is 4.26. The Hall–Kier alpha value is -1.38. The van der Waals surface area contributed by atoms with Gasteiger partial charge in [0.05, 0.1) is 32.3 Å². The normalized spacial score (nSPS) is 24.3. The van der Waals surface area contributed by atoms with Crippen LogP contribution in [0.3, 0.4) is 0 Å². The molecule has 4 rings (SSSR count). The van der Waals surface area contributed by atoms with Crippen LogP contribution in [0.15, 0.2) is 12.7 Å². The maximum Gasteiger partial charge on any atom is 0.192 e. The molecule has 0 saturated carbocycles. The molecule has 2 aliphatic heterocycles. The van der Waals surface area contributed by atoms with Gasteiger partial charge in [-0.1, -0.05) is 41.5 Å². The van der Waals surface area contributed by atoms with Crippen LogP contribution in [0.4, 0.5) is 5.82 Å². The Morgan fingerprint density at radius 3 is 2.22 bits per heavy atom. The number of anilines is 1. The number of imidazole rings is 1. The average molecular weight is 550 g/mol. The van der Waals surface area contributed by atoms with Crippen molar-refractivity contribution in [2.45, 2.75) is 103 Å². The quantitative estimate of drug-likeness (QED) is 0.427. The molecule has 0 aromatic carbocycles. The van der Waals surface area contributed by atoms with Crippen molar-refractivity contribution in [3.63, 3.8) is 0 Å². The molecule has 2 aromatic rings. The van der Waals surface area contributed by atoms with Crippen molar-refractivity contribution in [2.75, 3.05) is 37.8 Å². The number of fused-ring (bicyclic) bond motifs is 1. The number of rotatable bonds is 7. The highest BCUT2D eigenvalue weighted by Crippen LogP contribution is 2.43. The number of hydrogen-bond donors (Lipinski definition) is 0. The van der Waals surface area contributed by atoms with Gasteiger partial charge in [0.25, 0.3) is 0 Å². The van der Waals surface area contributed by atoms with Crippen LogP contribution in [0.2, 0.25) is 36.3 Å². The van der Waals surface area contributed by atoms with Gasteiger partial charge in [0, 0.05) is 19.5 Å². The molecule has 0 amide bonds. The SMILES string of the molecule is CC(C)(C)[Si](C)(C)OC[C@H]1O[C@@H](n2cnc3c(N4CCOCC4)ncnc32)C[C@H]1O[Si](C)(C)C(C)(C)C. The number of morpholine rings is 1. The van der Waals surface area contributed by atoms with E-state index in [-0.39, 0.29) is 28.5 Å². The minimum Gasteiger partial charge on any atom is -0.414 e. The Morgan fingerprint density at radius 1 is 0.946 bits per heavy atom. The van der Waals surface area contributed by atoms with E-state index in [0.29, 0.717) is 19.8 Å². The third-order valence-electron chi connectivity index (χ3n) is 8.81. The van der Waals surface area contributed by atoms with Gasteiger partial charge >= 0.3 is 0 Å². The van der Waals surface area contributed by atoms with Crippen molar-refractivity contribution in [2.24, 2.45) is 0 Å². The maximum absolute atomic E-state index is 6.95. The Morgan fingerprint density at radius 2 is 1.59 bits per heavy atom. The Labute approximate surface area is 224 Å². The molecule has 0 spiro atoms. The highest BCUT2D eigenvalue weighted by Gasteiger charge is 2.47. The first-order valence-electron chi connectivity index (χ1n) is 13.6. The Bertz CT molecular complexity index is 1070. The van der Waals surface area contributed by atoms with Gasteiger partial charge in [0.15, 0.2) is 33.6 Å². The van der Waals surface area contributed by atoms with Crippen LogP contribution in [-0.2, 0) is 18.3 Å². The van der Waals surface area contributed by atoms with Gasteiger partial charge in [-0.05, 0) is 36.3 Å². The van der Waals surface area contributed by atoms with Gasteiger partial charge in [-0.15, -0.1) is 0 Å². The highest BCUT2D eigenvalue weighted by atomic mass is 28.4. The van der Waals surface area contributed by atoms with Crippen LogP contribution in [0.1, 0.15) is 54.2 Å². The molecule has 2 aliphatic rings. The second kappa shape index (κ2) is 10.3. The molecule has 0 aliphatic carbocycles. The van der Waals surface area contributed by atoms with E-state index >= 15 is 0 Å². The van der Waals surface area contributed by atoms with Crippen LogP contribution in [0, 0.1) is 0 Å². The Balaban J connectivity index is 1.60. The predicted molar refractivity (Wildman–Crippen MR) is 152 cm³/mol. The zero-order valence-electron chi connectivity index (χ0n) is 24.5. The summed E-state index contributed by atoms with van der Waals surface area (Å²) in [5, 5.41) is 0.242. The number of aromatic nitrogens is 4. The zero-order chi connectivity index (χ0) is 27.2. The second-order valence-corrected chi connectivity index (χ2v) is 23.0. The van der Waals surface area contributed by atoms with E-state index in [9.17, 15) is 0 Å². The molecule has 0 bridgehead atoms. The first-order valence-corrected chi connectivity index (χ1v) is 19.4. The molecule has 0 N–H and O–H groups in total. The summed E-state index contributed by atoms with van der Waals surface area (Å²) in [4.78, 5) is 16.1. The molecule has 208 valence electrons. The summed E-state index contributed by atoms with van der Waals surface area (Å²) in [6.45, 7) is 26.4. The lowest BCUT2D eigenvalue weighted by atomic mass is 10.2. The summed E-state index contributed by atoms with van der Waals surface area (Å²) in [5.74, 6) is 0.858. The molecule has 0 radical (unpaired) electrons. The van der Waals surface area contributed by atoms with Gasteiger partial charge < -0.3 is 23.2 Å². The van der Waals surface area contributed by atoms with Crippen LogP contribution >= 0.6 is 0 Å². The van der Waals surface area contributed by atoms with Crippen molar-refractivity contribution in [3.8, 4) is 0 Å². The van der Waals surface area contributed by atoms with Crippen LogP contribution in [0.25, 0.3) is 11.2 Å². The van der Waals surface area contributed by atoms with Gasteiger partial charge in [-0.25, -0.2) is 15.0 Å². The molecule has 37 heavy (non-hydrogen) atoms. The summed E-state index contributed by atoms with van der Waals surface area (Å²) in [7, 11) is -3.95. The van der Waals surface area contributed by atoms with Crippen molar-refractivity contribution in [1.29, 1.82) is 0 Å². The van der Waals surface area contributed by atoms with Gasteiger partial charge in [-0.2, -0.15) is 0 Å². The van der Waals surface area contributed by atoms with Crippen molar-refractivity contribution >= 4 is 33.6 Å². The minimum atomic E-state index is -2.02. The van der Waals surface area contributed by atoms with Crippen molar-refractivity contribution < 1.29 is 18.3 Å².